The lowest BCUT2D eigenvalue weighted by Crippen LogP contribution is -2.03. The van der Waals surface area contributed by atoms with Crippen molar-refractivity contribution in [3.63, 3.8) is 0 Å². The molecule has 4 nitrogen and oxygen atoms in total. The molecule has 0 aliphatic heterocycles. The van der Waals surface area contributed by atoms with Crippen molar-refractivity contribution in [1.82, 2.24) is 19.6 Å². The maximum absolute atomic E-state index is 13.9. The first-order valence-electron chi connectivity index (χ1n) is 5.50. The molecule has 0 atom stereocenters. The molecule has 8 heteroatoms. The van der Waals surface area contributed by atoms with Crippen molar-refractivity contribution in [2.24, 2.45) is 0 Å². The highest BCUT2D eigenvalue weighted by Gasteiger charge is 2.21. The molecule has 0 saturated heterocycles. The highest BCUT2D eigenvalue weighted by Crippen LogP contribution is 2.34. The summed E-state index contributed by atoms with van der Waals surface area (Å²) in [5, 5.41) is 3.90. The van der Waals surface area contributed by atoms with Gasteiger partial charge < -0.3 is 0 Å². The summed E-state index contributed by atoms with van der Waals surface area (Å²) in [6.45, 7) is 1.58. The molecule has 3 rings (SSSR count). The summed E-state index contributed by atoms with van der Waals surface area (Å²) in [5.74, 6) is -2.70. The third-order valence-corrected chi connectivity index (χ3v) is 3.54. The Kier molecular flexibility index (Phi) is 2.97. The quantitative estimate of drug-likeness (QED) is 0.637. The van der Waals surface area contributed by atoms with Crippen LogP contribution in [0.15, 0.2) is 23.1 Å². The Morgan fingerprint density at radius 2 is 1.75 bits per heavy atom. The van der Waals surface area contributed by atoms with Crippen molar-refractivity contribution in [2.45, 2.75) is 6.92 Å². The number of hydrogen-bond acceptors (Lipinski definition) is 3. The van der Waals surface area contributed by atoms with Gasteiger partial charge in [0.2, 0.25) is 0 Å². The van der Waals surface area contributed by atoms with Crippen LogP contribution in [-0.2, 0) is 0 Å². The lowest BCUT2D eigenvalue weighted by atomic mass is 10.0. The monoisotopic (exact) mass is 342 g/mol. The zero-order valence-corrected chi connectivity index (χ0v) is 11.6. The molecular weight excluding hydrogens is 337 g/mol. The van der Waals surface area contributed by atoms with Crippen molar-refractivity contribution in [1.29, 1.82) is 0 Å². The van der Waals surface area contributed by atoms with Crippen LogP contribution in [0.3, 0.4) is 0 Å². The molecule has 20 heavy (non-hydrogen) atoms. The number of rotatable bonds is 1. The minimum Gasteiger partial charge on any atom is -0.216 e. The van der Waals surface area contributed by atoms with Crippen LogP contribution in [0.4, 0.5) is 13.2 Å². The smallest absolute Gasteiger partial charge is 0.216 e. The van der Waals surface area contributed by atoms with Crippen molar-refractivity contribution < 1.29 is 13.2 Å². The van der Waals surface area contributed by atoms with Gasteiger partial charge in [-0.05, 0) is 22.9 Å². The van der Waals surface area contributed by atoms with Crippen molar-refractivity contribution in [3.05, 3.63) is 46.2 Å². The highest BCUT2D eigenvalue weighted by molar-refractivity contribution is 9.10. The molecular formula is C12H6BrF3N4. The molecule has 0 spiro atoms. The summed E-state index contributed by atoms with van der Waals surface area (Å²) < 4.78 is 42.4. The van der Waals surface area contributed by atoms with E-state index in [4.69, 9.17) is 0 Å². The predicted octanol–water partition coefficient (Wildman–Crippen LogP) is 3.28. The third kappa shape index (κ3) is 1.87. The fraction of sp³-hybridized carbons (Fsp3) is 0.0833. The molecule has 2 aromatic heterocycles. The van der Waals surface area contributed by atoms with Crippen LogP contribution in [0.1, 0.15) is 5.69 Å². The zero-order chi connectivity index (χ0) is 14.4. The number of benzene rings is 1. The molecule has 0 saturated carbocycles. The van der Waals surface area contributed by atoms with Crippen molar-refractivity contribution in [2.75, 3.05) is 0 Å². The van der Waals surface area contributed by atoms with E-state index in [0.29, 0.717) is 28.2 Å². The van der Waals surface area contributed by atoms with Gasteiger partial charge in [0.25, 0.3) is 5.78 Å². The summed E-state index contributed by atoms with van der Waals surface area (Å²) >= 11 is 3.23. The number of aryl methyl sites for hydroxylation is 1. The maximum Gasteiger partial charge on any atom is 0.253 e. The number of hydrogen-bond donors (Lipinski definition) is 0. The molecule has 0 bridgehead atoms. The van der Waals surface area contributed by atoms with Gasteiger partial charge in [0.15, 0.2) is 0 Å². The Morgan fingerprint density at radius 3 is 2.40 bits per heavy atom. The molecule has 0 aliphatic rings. The van der Waals surface area contributed by atoms with Crippen molar-refractivity contribution in [3.8, 4) is 11.1 Å². The van der Waals surface area contributed by atoms with Gasteiger partial charge in [0, 0.05) is 17.7 Å². The summed E-state index contributed by atoms with van der Waals surface area (Å²) in [6, 6.07) is 1.24. The normalized spacial score (nSPS) is 11.2. The Balaban J connectivity index is 2.40. The summed E-state index contributed by atoms with van der Waals surface area (Å²) in [6.07, 6.45) is 1.27. The molecule has 0 amide bonds. The second kappa shape index (κ2) is 4.55. The van der Waals surface area contributed by atoms with E-state index in [1.165, 1.54) is 10.8 Å². The second-order valence-corrected chi connectivity index (χ2v) is 4.83. The lowest BCUT2D eigenvalue weighted by Gasteiger charge is -2.11. The molecule has 0 aliphatic carbocycles. The van der Waals surface area contributed by atoms with E-state index in [-0.39, 0.29) is 11.1 Å². The van der Waals surface area contributed by atoms with Crippen LogP contribution in [-0.4, -0.2) is 19.6 Å². The number of halogens is 4. The number of fused-ring (bicyclic) bond motifs is 1. The fourth-order valence-electron chi connectivity index (χ4n) is 1.98. The summed E-state index contributed by atoms with van der Waals surface area (Å²) in [5.41, 5.74) is 0.153. The van der Waals surface area contributed by atoms with Gasteiger partial charge in [0.05, 0.1) is 11.3 Å². The SMILES string of the molecule is Cc1nc2ncnn2c(Br)c1-c1c(F)cc(F)cc1F. The van der Waals surface area contributed by atoms with E-state index in [2.05, 4.69) is 31.0 Å². The molecule has 2 heterocycles. The van der Waals surface area contributed by atoms with Gasteiger partial charge in [-0.15, -0.1) is 0 Å². The van der Waals surface area contributed by atoms with E-state index >= 15 is 0 Å². The molecule has 0 radical (unpaired) electrons. The van der Waals surface area contributed by atoms with Crippen LogP contribution in [0.5, 0.6) is 0 Å². The molecule has 0 fully saturated rings. The van der Waals surface area contributed by atoms with Crippen LogP contribution in [0, 0.1) is 24.4 Å². The first-order chi connectivity index (χ1) is 9.49. The van der Waals surface area contributed by atoms with Gasteiger partial charge >= 0.3 is 0 Å². The molecule has 1 aromatic carbocycles. The standard InChI is InChI=1S/C12H6BrF3N4/c1-5-9(10-7(15)2-6(14)3-8(10)16)11(13)20-12(19-5)17-4-18-20/h2-4H,1H3. The van der Waals surface area contributed by atoms with Crippen LogP contribution in [0.2, 0.25) is 0 Å². The molecule has 102 valence electrons. The first-order valence-corrected chi connectivity index (χ1v) is 6.29. The number of nitrogens with zero attached hydrogens (tertiary/aromatic N) is 4. The summed E-state index contributed by atoms with van der Waals surface area (Å²) in [4.78, 5) is 8.01. The van der Waals surface area contributed by atoms with Crippen LogP contribution < -0.4 is 0 Å². The van der Waals surface area contributed by atoms with E-state index in [0.717, 1.165) is 0 Å². The predicted molar refractivity (Wildman–Crippen MR) is 68.5 cm³/mol. The fourth-order valence-corrected chi connectivity index (χ4v) is 2.71. The average Bonchev–Trinajstić information content (AvgIpc) is 2.80. The highest BCUT2D eigenvalue weighted by atomic mass is 79.9. The van der Waals surface area contributed by atoms with Gasteiger partial charge in [-0.2, -0.15) is 14.6 Å². The summed E-state index contributed by atoms with van der Waals surface area (Å²) in [7, 11) is 0. The van der Waals surface area contributed by atoms with Crippen molar-refractivity contribution >= 4 is 21.7 Å². The zero-order valence-electron chi connectivity index (χ0n) is 10.0. The Bertz CT molecular complexity index is 808. The van der Waals surface area contributed by atoms with Gasteiger partial charge in [-0.3, -0.25) is 0 Å². The third-order valence-electron chi connectivity index (χ3n) is 2.81. The second-order valence-electron chi connectivity index (χ2n) is 4.08. The Labute approximate surface area is 119 Å². The lowest BCUT2D eigenvalue weighted by molar-refractivity contribution is 0.547. The Hall–Kier alpha value is -1.96. The van der Waals surface area contributed by atoms with E-state index in [1.54, 1.807) is 6.92 Å². The average molecular weight is 343 g/mol. The molecule has 3 aromatic rings. The van der Waals surface area contributed by atoms with E-state index < -0.39 is 17.5 Å². The topological polar surface area (TPSA) is 43.1 Å². The first kappa shape index (κ1) is 13.0. The van der Waals surface area contributed by atoms with Gasteiger partial charge in [-0.25, -0.2) is 18.2 Å². The van der Waals surface area contributed by atoms with Gasteiger partial charge in [-0.1, -0.05) is 0 Å². The molecule has 0 unspecified atom stereocenters. The van der Waals surface area contributed by atoms with Crippen LogP contribution in [0.25, 0.3) is 16.9 Å². The minimum atomic E-state index is -1.01. The van der Waals surface area contributed by atoms with Gasteiger partial charge in [0.1, 0.15) is 28.4 Å². The number of aromatic nitrogens is 4. The van der Waals surface area contributed by atoms with E-state index in [1.807, 2.05) is 0 Å². The van der Waals surface area contributed by atoms with Crippen LogP contribution >= 0.6 is 15.9 Å². The Morgan fingerprint density at radius 1 is 1.10 bits per heavy atom. The maximum atomic E-state index is 13.9. The minimum absolute atomic E-state index is 0.165. The molecule has 0 N–H and O–H groups in total. The van der Waals surface area contributed by atoms with E-state index in [9.17, 15) is 13.2 Å². The largest absolute Gasteiger partial charge is 0.253 e.